The van der Waals surface area contributed by atoms with Gasteiger partial charge < -0.3 is 25.5 Å². The van der Waals surface area contributed by atoms with E-state index in [1.165, 1.54) is 5.56 Å². The Balaban J connectivity index is 1.25. The molecule has 3 heterocycles. The number of benzene rings is 2. The summed E-state index contributed by atoms with van der Waals surface area (Å²) in [5.41, 5.74) is 4.24. The normalized spacial score (nSPS) is 14.5. The second kappa shape index (κ2) is 11.1. The molecule has 1 aliphatic heterocycles. The number of ether oxygens (including phenoxy) is 1. The average Bonchev–Trinajstić information content (AvgIpc) is 3.36. The molecule has 1 amide bonds. The first-order chi connectivity index (χ1) is 18.0. The van der Waals surface area contributed by atoms with Gasteiger partial charge in [-0.15, -0.1) is 0 Å². The van der Waals surface area contributed by atoms with Gasteiger partial charge in [-0.3, -0.25) is 9.69 Å². The quantitative estimate of drug-likeness (QED) is 0.275. The SMILES string of the molecule is CNC(=O)COc1ccc(-c2nc3ncc(Cl)c(NC4CCN(Cc5ccc(O)cc5)CC4)c3[nH]2)cc1. The molecular formula is C27H29ClN6O3. The number of carbonyl (C=O) groups excluding carboxylic acids is 1. The molecule has 1 saturated heterocycles. The first-order valence-electron chi connectivity index (χ1n) is 12.2. The predicted octanol–water partition coefficient (Wildman–Crippen LogP) is 4.19. The number of amides is 1. The maximum absolute atomic E-state index is 11.4. The van der Waals surface area contributed by atoms with Crippen molar-refractivity contribution in [2.45, 2.75) is 25.4 Å². The summed E-state index contributed by atoms with van der Waals surface area (Å²) in [4.78, 5) is 26.3. The Morgan fingerprint density at radius 1 is 1.16 bits per heavy atom. The minimum atomic E-state index is -0.188. The molecule has 0 unspecified atom stereocenters. The van der Waals surface area contributed by atoms with E-state index in [1.54, 1.807) is 37.5 Å². The molecule has 0 bridgehead atoms. The van der Waals surface area contributed by atoms with E-state index in [4.69, 9.17) is 16.3 Å². The first-order valence-corrected chi connectivity index (χ1v) is 12.6. The molecule has 9 nitrogen and oxygen atoms in total. The predicted molar refractivity (Wildman–Crippen MR) is 144 cm³/mol. The zero-order valence-corrected chi connectivity index (χ0v) is 21.3. The highest BCUT2D eigenvalue weighted by atomic mass is 35.5. The van der Waals surface area contributed by atoms with Crippen LogP contribution < -0.4 is 15.4 Å². The lowest BCUT2D eigenvalue weighted by Crippen LogP contribution is -2.38. The Morgan fingerprint density at radius 2 is 1.89 bits per heavy atom. The summed E-state index contributed by atoms with van der Waals surface area (Å²) in [6.07, 6.45) is 3.60. The smallest absolute Gasteiger partial charge is 0.257 e. The molecule has 1 fully saturated rings. The van der Waals surface area contributed by atoms with E-state index in [2.05, 4.69) is 30.5 Å². The van der Waals surface area contributed by atoms with Crippen LogP contribution in [0, 0.1) is 0 Å². The summed E-state index contributed by atoms with van der Waals surface area (Å²) >= 11 is 6.57. The number of aromatic nitrogens is 3. The third kappa shape index (κ3) is 5.95. The summed E-state index contributed by atoms with van der Waals surface area (Å²) in [6, 6.07) is 15.0. The van der Waals surface area contributed by atoms with Crippen molar-refractivity contribution in [2.24, 2.45) is 0 Å². The third-order valence-corrected chi connectivity index (χ3v) is 6.82. The second-order valence-corrected chi connectivity index (χ2v) is 9.52. The number of nitrogens with one attached hydrogen (secondary N) is 3. The highest BCUT2D eigenvalue weighted by Crippen LogP contribution is 2.32. The number of pyridine rings is 1. The maximum Gasteiger partial charge on any atom is 0.257 e. The van der Waals surface area contributed by atoms with Crippen molar-refractivity contribution in [1.82, 2.24) is 25.2 Å². The molecule has 37 heavy (non-hydrogen) atoms. The van der Waals surface area contributed by atoms with Crippen LogP contribution in [0.5, 0.6) is 11.5 Å². The number of piperidine rings is 1. The van der Waals surface area contributed by atoms with Crippen LogP contribution in [0.3, 0.4) is 0 Å². The van der Waals surface area contributed by atoms with Gasteiger partial charge in [0.25, 0.3) is 5.91 Å². The van der Waals surface area contributed by atoms with E-state index in [0.29, 0.717) is 22.2 Å². The monoisotopic (exact) mass is 520 g/mol. The first kappa shape index (κ1) is 24.9. The van der Waals surface area contributed by atoms with Crippen molar-refractivity contribution in [3.05, 3.63) is 65.3 Å². The molecule has 2 aromatic heterocycles. The molecular weight excluding hydrogens is 492 g/mol. The van der Waals surface area contributed by atoms with Crippen LogP contribution in [0.1, 0.15) is 18.4 Å². The molecule has 4 aromatic rings. The number of halogens is 1. The summed E-state index contributed by atoms with van der Waals surface area (Å²) in [7, 11) is 1.57. The number of hydrogen-bond donors (Lipinski definition) is 4. The number of fused-ring (bicyclic) bond motifs is 1. The van der Waals surface area contributed by atoms with Gasteiger partial charge >= 0.3 is 0 Å². The van der Waals surface area contributed by atoms with E-state index >= 15 is 0 Å². The summed E-state index contributed by atoms with van der Waals surface area (Å²) in [5.74, 6) is 1.38. The number of likely N-dealkylation sites (tertiary alicyclic amines) is 1. The van der Waals surface area contributed by atoms with Crippen molar-refractivity contribution >= 4 is 34.4 Å². The molecule has 0 radical (unpaired) electrons. The van der Waals surface area contributed by atoms with Crippen LogP contribution in [0.2, 0.25) is 5.02 Å². The lowest BCUT2D eigenvalue weighted by molar-refractivity contribution is -0.122. The van der Waals surface area contributed by atoms with Gasteiger partial charge in [0.15, 0.2) is 12.3 Å². The van der Waals surface area contributed by atoms with Gasteiger partial charge in [-0.1, -0.05) is 23.7 Å². The fourth-order valence-corrected chi connectivity index (χ4v) is 4.64. The number of H-pyrrole nitrogens is 1. The molecule has 10 heteroatoms. The van der Waals surface area contributed by atoms with Crippen LogP contribution in [0.15, 0.2) is 54.7 Å². The van der Waals surface area contributed by atoms with E-state index in [9.17, 15) is 9.90 Å². The summed E-state index contributed by atoms with van der Waals surface area (Å²) in [5, 5.41) is 16.2. The topological polar surface area (TPSA) is 115 Å². The van der Waals surface area contributed by atoms with E-state index in [0.717, 1.165) is 49.2 Å². The van der Waals surface area contributed by atoms with E-state index in [-0.39, 0.29) is 24.3 Å². The average molecular weight is 521 g/mol. The van der Waals surface area contributed by atoms with Gasteiger partial charge in [0.2, 0.25) is 0 Å². The summed E-state index contributed by atoms with van der Waals surface area (Å²) in [6.45, 7) is 2.76. The summed E-state index contributed by atoms with van der Waals surface area (Å²) < 4.78 is 5.48. The van der Waals surface area contributed by atoms with Gasteiger partial charge in [-0.05, 0) is 54.8 Å². The number of anilines is 1. The minimum absolute atomic E-state index is 0.0341. The lowest BCUT2D eigenvalue weighted by atomic mass is 10.0. The number of hydrogen-bond acceptors (Lipinski definition) is 7. The Hall–Kier alpha value is -3.82. The van der Waals surface area contributed by atoms with Crippen molar-refractivity contribution in [1.29, 1.82) is 0 Å². The van der Waals surface area contributed by atoms with E-state index in [1.807, 2.05) is 24.3 Å². The molecule has 2 aromatic carbocycles. The second-order valence-electron chi connectivity index (χ2n) is 9.11. The molecule has 0 spiro atoms. The fourth-order valence-electron chi connectivity index (χ4n) is 4.44. The number of aromatic hydroxyl groups is 1. The number of phenolic OH excluding ortho intramolecular Hbond substituents is 1. The lowest BCUT2D eigenvalue weighted by Gasteiger charge is -2.33. The number of carbonyl (C=O) groups is 1. The number of imidazole rings is 1. The highest BCUT2D eigenvalue weighted by molar-refractivity contribution is 6.34. The molecule has 0 atom stereocenters. The van der Waals surface area contributed by atoms with Gasteiger partial charge in [0.1, 0.15) is 22.8 Å². The Bertz CT molecular complexity index is 1370. The minimum Gasteiger partial charge on any atom is -0.508 e. The Kier molecular flexibility index (Phi) is 7.43. The van der Waals surface area contributed by atoms with Gasteiger partial charge in [0.05, 0.1) is 16.9 Å². The van der Waals surface area contributed by atoms with Gasteiger partial charge in [-0.2, -0.15) is 0 Å². The van der Waals surface area contributed by atoms with Crippen LogP contribution in [0.25, 0.3) is 22.6 Å². The van der Waals surface area contributed by atoms with Crippen molar-refractivity contribution in [2.75, 3.05) is 32.1 Å². The van der Waals surface area contributed by atoms with Crippen molar-refractivity contribution in [3.8, 4) is 22.9 Å². The fraction of sp³-hybridized carbons (Fsp3) is 0.296. The number of aromatic amines is 1. The van der Waals surface area contributed by atoms with Crippen LogP contribution in [0.4, 0.5) is 5.69 Å². The van der Waals surface area contributed by atoms with E-state index < -0.39 is 0 Å². The highest BCUT2D eigenvalue weighted by Gasteiger charge is 2.22. The van der Waals surface area contributed by atoms with Gasteiger partial charge in [-0.25, -0.2) is 9.97 Å². The third-order valence-electron chi connectivity index (χ3n) is 6.53. The molecule has 192 valence electrons. The Labute approximate surface area is 219 Å². The maximum atomic E-state index is 11.4. The number of rotatable bonds is 8. The van der Waals surface area contributed by atoms with Crippen molar-refractivity contribution < 1.29 is 14.6 Å². The number of likely N-dealkylation sites (N-methyl/N-ethyl adjacent to an activating group) is 1. The van der Waals surface area contributed by atoms with Crippen molar-refractivity contribution in [3.63, 3.8) is 0 Å². The molecule has 4 N–H and O–H groups in total. The zero-order valence-electron chi connectivity index (χ0n) is 20.5. The molecule has 0 saturated carbocycles. The molecule has 1 aliphatic rings. The van der Waals surface area contributed by atoms with Gasteiger partial charge in [0, 0.05) is 38.3 Å². The zero-order chi connectivity index (χ0) is 25.8. The number of nitrogens with zero attached hydrogens (tertiary/aromatic N) is 3. The standard InChI is InChI=1S/C27H29ClN6O3/c1-29-23(36)16-37-21-8-4-18(5-9-21)26-32-25-24(22(28)14-30-27(25)33-26)31-19-10-12-34(13-11-19)15-17-2-6-20(35)7-3-17/h2-9,14,19,35H,10-13,15-16H2,1H3,(H,29,36)(H2,30,31,32,33). The van der Waals surface area contributed by atoms with Crippen LogP contribution in [-0.4, -0.2) is 63.7 Å². The van der Waals surface area contributed by atoms with Crippen LogP contribution in [-0.2, 0) is 11.3 Å². The number of phenols is 1. The Morgan fingerprint density at radius 3 is 2.59 bits per heavy atom. The molecule has 0 aliphatic carbocycles. The van der Waals surface area contributed by atoms with Crippen LogP contribution >= 0.6 is 11.6 Å². The molecule has 5 rings (SSSR count). The largest absolute Gasteiger partial charge is 0.508 e.